The number of hydrogen-bond acceptors (Lipinski definition) is 5. The molecule has 3 aromatic rings. The summed E-state index contributed by atoms with van der Waals surface area (Å²) >= 11 is 0. The molecule has 0 spiro atoms. The van der Waals surface area contributed by atoms with Gasteiger partial charge in [-0.2, -0.15) is 0 Å². The molecule has 6 heteroatoms. The van der Waals surface area contributed by atoms with Crippen LogP contribution in [0.15, 0.2) is 70.7 Å². The summed E-state index contributed by atoms with van der Waals surface area (Å²) in [5.74, 6) is -0.593. The molecular weight excluding hydrogens is 392 g/mol. The fourth-order valence-corrected chi connectivity index (χ4v) is 3.75. The minimum Gasteiger partial charge on any atom is -0.507 e. The van der Waals surface area contributed by atoms with Gasteiger partial charge in [-0.05, 0) is 50.2 Å². The number of carbonyl (C=O) groups excluding carboxylic acids is 2. The summed E-state index contributed by atoms with van der Waals surface area (Å²) in [6, 6.07) is 17.1. The zero-order chi connectivity index (χ0) is 22.3. The lowest BCUT2D eigenvalue weighted by atomic mass is 9.98. The number of aryl methyl sites for hydroxylation is 2. The topological polar surface area (TPSA) is 74.0 Å². The smallest absolute Gasteiger partial charge is 0.300 e. The van der Waals surface area contributed by atoms with Crippen LogP contribution in [-0.4, -0.2) is 30.9 Å². The van der Waals surface area contributed by atoms with Gasteiger partial charge in [0.25, 0.3) is 11.7 Å². The highest BCUT2D eigenvalue weighted by molar-refractivity contribution is 6.51. The number of carbonyl (C=O) groups is 2. The van der Waals surface area contributed by atoms with Crippen LogP contribution in [0.1, 0.15) is 28.7 Å². The molecular formula is C25H24N2O4. The highest BCUT2D eigenvalue weighted by Gasteiger charge is 2.48. The fourth-order valence-electron chi connectivity index (χ4n) is 3.75. The molecule has 31 heavy (non-hydrogen) atoms. The highest BCUT2D eigenvalue weighted by Crippen LogP contribution is 2.42. The Balaban J connectivity index is 1.89. The molecule has 1 N–H and O–H groups in total. The van der Waals surface area contributed by atoms with Crippen molar-refractivity contribution in [3.05, 3.63) is 88.9 Å². The van der Waals surface area contributed by atoms with Gasteiger partial charge in [0.1, 0.15) is 23.3 Å². The van der Waals surface area contributed by atoms with E-state index in [0.717, 1.165) is 11.3 Å². The van der Waals surface area contributed by atoms with Crippen molar-refractivity contribution in [3.63, 3.8) is 0 Å². The van der Waals surface area contributed by atoms with Crippen molar-refractivity contribution in [1.82, 2.24) is 0 Å². The van der Waals surface area contributed by atoms with Gasteiger partial charge < -0.3 is 14.4 Å². The molecule has 0 saturated carbocycles. The molecule has 1 saturated heterocycles. The zero-order valence-electron chi connectivity index (χ0n) is 17.9. The van der Waals surface area contributed by atoms with Crippen molar-refractivity contribution < 1.29 is 19.1 Å². The lowest BCUT2D eigenvalue weighted by molar-refractivity contribution is -0.132. The van der Waals surface area contributed by atoms with Crippen LogP contribution in [0.2, 0.25) is 0 Å². The number of aliphatic hydroxyl groups excluding tert-OH is 1. The predicted octanol–water partition coefficient (Wildman–Crippen LogP) is 4.59. The number of benzene rings is 2. The Kier molecular flexibility index (Phi) is 5.15. The number of aliphatic hydroxyl groups is 1. The van der Waals surface area contributed by atoms with Crippen LogP contribution in [0.3, 0.4) is 0 Å². The molecule has 0 radical (unpaired) electrons. The van der Waals surface area contributed by atoms with E-state index < -0.39 is 17.7 Å². The van der Waals surface area contributed by atoms with E-state index in [1.54, 1.807) is 43.3 Å². The van der Waals surface area contributed by atoms with E-state index in [0.29, 0.717) is 22.8 Å². The molecule has 1 aliphatic rings. The quantitative estimate of drug-likeness (QED) is 0.383. The summed E-state index contributed by atoms with van der Waals surface area (Å²) in [6.45, 7) is 3.73. The molecule has 0 bridgehead atoms. The number of anilines is 2. The molecule has 0 aliphatic carbocycles. The number of nitrogens with zero attached hydrogens (tertiary/aromatic N) is 2. The summed E-state index contributed by atoms with van der Waals surface area (Å²) in [4.78, 5) is 29.5. The molecule has 4 rings (SSSR count). The number of ketones is 1. The predicted molar refractivity (Wildman–Crippen MR) is 120 cm³/mol. The van der Waals surface area contributed by atoms with Crippen molar-refractivity contribution in [3.8, 4) is 0 Å². The molecule has 2 aromatic carbocycles. The Labute approximate surface area is 181 Å². The van der Waals surface area contributed by atoms with Crippen LogP contribution < -0.4 is 9.80 Å². The Hall–Kier alpha value is -3.80. The maximum atomic E-state index is 13.1. The minimum absolute atomic E-state index is 0.0138. The van der Waals surface area contributed by atoms with E-state index >= 15 is 0 Å². The van der Waals surface area contributed by atoms with Gasteiger partial charge in [0.2, 0.25) is 0 Å². The minimum atomic E-state index is -0.861. The first kappa shape index (κ1) is 20.5. The van der Waals surface area contributed by atoms with Crippen LogP contribution >= 0.6 is 0 Å². The second-order valence-corrected chi connectivity index (χ2v) is 7.89. The highest BCUT2D eigenvalue weighted by atomic mass is 16.3. The Morgan fingerprint density at radius 2 is 1.58 bits per heavy atom. The SMILES string of the molecule is Cc1ccc(/C(O)=C2/C(=O)C(=O)N(c3ccc(N(C)C)cc3)C2c2ccc(C)o2)cc1. The third-order valence-electron chi connectivity index (χ3n) is 5.44. The van der Waals surface area contributed by atoms with Gasteiger partial charge in [-0.25, -0.2) is 0 Å². The summed E-state index contributed by atoms with van der Waals surface area (Å²) in [5, 5.41) is 11.1. The van der Waals surface area contributed by atoms with Crippen molar-refractivity contribution in [2.24, 2.45) is 0 Å². The van der Waals surface area contributed by atoms with Gasteiger partial charge >= 0.3 is 0 Å². The van der Waals surface area contributed by atoms with Gasteiger partial charge in [0, 0.05) is 31.0 Å². The lowest BCUT2D eigenvalue weighted by Crippen LogP contribution is -2.29. The molecule has 1 fully saturated rings. The first-order chi connectivity index (χ1) is 14.8. The van der Waals surface area contributed by atoms with E-state index in [1.165, 1.54) is 4.90 Å². The van der Waals surface area contributed by atoms with Crippen molar-refractivity contribution in [1.29, 1.82) is 0 Å². The molecule has 1 amide bonds. The van der Waals surface area contributed by atoms with E-state index in [-0.39, 0.29) is 11.3 Å². The van der Waals surface area contributed by atoms with Crippen molar-refractivity contribution in [2.75, 3.05) is 23.9 Å². The summed E-state index contributed by atoms with van der Waals surface area (Å²) in [6.07, 6.45) is 0. The molecule has 1 aromatic heterocycles. The summed E-state index contributed by atoms with van der Waals surface area (Å²) < 4.78 is 5.81. The van der Waals surface area contributed by atoms with E-state index in [4.69, 9.17) is 4.42 Å². The van der Waals surface area contributed by atoms with E-state index in [1.807, 2.05) is 50.2 Å². The van der Waals surface area contributed by atoms with Gasteiger partial charge in [0.05, 0.1) is 5.57 Å². The molecule has 1 atom stereocenters. The molecule has 6 nitrogen and oxygen atoms in total. The van der Waals surface area contributed by atoms with Crippen molar-refractivity contribution in [2.45, 2.75) is 19.9 Å². The number of furan rings is 1. The molecule has 2 heterocycles. The van der Waals surface area contributed by atoms with E-state index in [2.05, 4.69) is 0 Å². The molecule has 1 unspecified atom stereocenters. The Morgan fingerprint density at radius 1 is 0.935 bits per heavy atom. The van der Waals surface area contributed by atoms with Gasteiger partial charge in [-0.15, -0.1) is 0 Å². The number of amides is 1. The standard InChI is InChI=1S/C25H24N2O4/c1-15-5-8-17(9-6-15)23(28)21-22(20-14-7-16(2)31-20)27(25(30)24(21)29)19-12-10-18(11-13-19)26(3)4/h5-14,22,28H,1-4H3/b23-21-. The van der Waals surface area contributed by atoms with Crippen molar-refractivity contribution >= 4 is 28.8 Å². The molecule has 1 aliphatic heterocycles. The zero-order valence-corrected chi connectivity index (χ0v) is 17.9. The van der Waals surface area contributed by atoms with Crippen LogP contribution in [0.5, 0.6) is 0 Å². The maximum Gasteiger partial charge on any atom is 0.300 e. The first-order valence-corrected chi connectivity index (χ1v) is 9.99. The first-order valence-electron chi connectivity index (χ1n) is 9.99. The molecule has 158 valence electrons. The lowest BCUT2D eigenvalue weighted by Gasteiger charge is -2.24. The number of rotatable bonds is 4. The Bertz CT molecular complexity index is 1170. The summed E-state index contributed by atoms with van der Waals surface area (Å²) in [5.41, 5.74) is 3.02. The Morgan fingerprint density at radius 3 is 2.13 bits per heavy atom. The monoisotopic (exact) mass is 416 g/mol. The average molecular weight is 416 g/mol. The van der Waals surface area contributed by atoms with Gasteiger partial charge in [0.15, 0.2) is 0 Å². The maximum absolute atomic E-state index is 13.1. The van der Waals surface area contributed by atoms with E-state index in [9.17, 15) is 14.7 Å². The second kappa shape index (κ2) is 7.80. The average Bonchev–Trinajstić information content (AvgIpc) is 3.29. The van der Waals surface area contributed by atoms with Crippen LogP contribution in [0, 0.1) is 13.8 Å². The third-order valence-corrected chi connectivity index (χ3v) is 5.44. The largest absolute Gasteiger partial charge is 0.507 e. The number of Topliss-reactive ketones (excluding diaryl/α,β-unsaturated/α-hetero) is 1. The van der Waals surface area contributed by atoms with Gasteiger partial charge in [-0.3, -0.25) is 14.5 Å². The fraction of sp³-hybridized carbons (Fsp3) is 0.200. The van der Waals surface area contributed by atoms with Crippen LogP contribution in [0.25, 0.3) is 5.76 Å². The van der Waals surface area contributed by atoms with Crippen LogP contribution in [-0.2, 0) is 9.59 Å². The summed E-state index contributed by atoms with van der Waals surface area (Å²) in [7, 11) is 3.85. The van der Waals surface area contributed by atoms with Gasteiger partial charge in [-0.1, -0.05) is 29.8 Å². The third kappa shape index (κ3) is 3.61. The normalized spacial score (nSPS) is 17.9. The van der Waals surface area contributed by atoms with Crippen LogP contribution in [0.4, 0.5) is 11.4 Å². The number of hydrogen-bond donors (Lipinski definition) is 1. The second-order valence-electron chi connectivity index (χ2n) is 7.89.